The highest BCUT2D eigenvalue weighted by molar-refractivity contribution is 5.97. The molecule has 1 N–H and O–H groups in total. The molecule has 0 radical (unpaired) electrons. The van der Waals surface area contributed by atoms with Crippen molar-refractivity contribution in [3.8, 4) is 17.1 Å². The summed E-state index contributed by atoms with van der Waals surface area (Å²) in [5.41, 5.74) is 2.31. The maximum Gasteiger partial charge on any atom is 0.281 e. The van der Waals surface area contributed by atoms with Gasteiger partial charge in [0.1, 0.15) is 5.75 Å². The molecule has 0 aliphatic heterocycles. The van der Waals surface area contributed by atoms with Gasteiger partial charge in [-0.15, -0.1) is 5.10 Å². The monoisotopic (exact) mass is 385 g/mol. The van der Waals surface area contributed by atoms with Gasteiger partial charge in [-0.05, 0) is 42.0 Å². The number of nitrogens with zero attached hydrogens (tertiary/aromatic N) is 4. The van der Waals surface area contributed by atoms with Crippen molar-refractivity contribution in [3.05, 3.63) is 90.3 Å². The molecular formula is C22H19N5O2. The Balaban J connectivity index is 1.67. The molecule has 0 spiro atoms. The quantitative estimate of drug-likeness (QED) is 0.546. The van der Waals surface area contributed by atoms with Crippen LogP contribution in [0.5, 0.6) is 5.75 Å². The molecule has 2 aromatic heterocycles. The van der Waals surface area contributed by atoms with E-state index in [2.05, 4.69) is 20.4 Å². The largest absolute Gasteiger partial charge is 0.497 e. The summed E-state index contributed by atoms with van der Waals surface area (Å²) < 4.78 is 6.56. The first-order valence-electron chi connectivity index (χ1n) is 9.08. The summed E-state index contributed by atoms with van der Waals surface area (Å²) in [6, 6.07) is 20.3. The molecule has 2 heterocycles. The highest BCUT2D eigenvalue weighted by Gasteiger charge is 2.18. The van der Waals surface area contributed by atoms with Crippen LogP contribution in [0.25, 0.3) is 11.4 Å². The van der Waals surface area contributed by atoms with Crippen LogP contribution >= 0.6 is 0 Å². The van der Waals surface area contributed by atoms with Gasteiger partial charge in [0.15, 0.2) is 5.82 Å². The predicted octanol–water partition coefficient (Wildman–Crippen LogP) is 3.65. The molecule has 144 valence electrons. The number of hydrogen-bond donors (Lipinski definition) is 1. The number of hydrogen-bond acceptors (Lipinski definition) is 6. The molecule has 0 atom stereocenters. The molecule has 4 aromatic rings. The summed E-state index contributed by atoms with van der Waals surface area (Å²) in [5.74, 6) is 1.33. The van der Waals surface area contributed by atoms with Gasteiger partial charge in [0.25, 0.3) is 5.91 Å². The lowest BCUT2D eigenvalue weighted by Crippen LogP contribution is -2.17. The van der Waals surface area contributed by atoms with E-state index in [1.54, 1.807) is 43.8 Å². The molecule has 0 bridgehead atoms. The molecule has 7 nitrogen and oxygen atoms in total. The fourth-order valence-electron chi connectivity index (χ4n) is 2.86. The zero-order valence-electron chi connectivity index (χ0n) is 15.8. The van der Waals surface area contributed by atoms with E-state index < -0.39 is 0 Å². The molecule has 2 aromatic carbocycles. The normalized spacial score (nSPS) is 10.5. The van der Waals surface area contributed by atoms with Crippen LogP contribution in [0.2, 0.25) is 0 Å². The molecule has 7 heteroatoms. The third kappa shape index (κ3) is 4.14. The van der Waals surface area contributed by atoms with Crippen molar-refractivity contribution in [1.29, 1.82) is 0 Å². The second-order valence-corrected chi connectivity index (χ2v) is 6.28. The minimum atomic E-state index is -0.258. The van der Waals surface area contributed by atoms with E-state index in [1.807, 2.05) is 42.5 Å². The third-order valence-corrected chi connectivity index (χ3v) is 4.34. The Bertz CT molecular complexity index is 1110. The second kappa shape index (κ2) is 8.35. The van der Waals surface area contributed by atoms with Crippen LogP contribution in [-0.4, -0.2) is 32.8 Å². The zero-order valence-corrected chi connectivity index (χ0v) is 15.8. The highest BCUT2D eigenvalue weighted by Crippen LogP contribution is 2.20. The maximum absolute atomic E-state index is 13.0. The van der Waals surface area contributed by atoms with Gasteiger partial charge in [-0.25, -0.2) is 0 Å². The Morgan fingerprint density at radius 3 is 2.59 bits per heavy atom. The first kappa shape index (κ1) is 18.4. The Morgan fingerprint density at radius 1 is 1.03 bits per heavy atom. The first-order chi connectivity index (χ1) is 14.2. The van der Waals surface area contributed by atoms with Crippen molar-refractivity contribution in [1.82, 2.24) is 19.7 Å². The fraction of sp³-hybridized carbons (Fsp3) is 0.0909. The van der Waals surface area contributed by atoms with Crippen molar-refractivity contribution in [2.24, 2.45) is 0 Å². The Kier molecular flexibility index (Phi) is 5.29. The summed E-state index contributed by atoms with van der Waals surface area (Å²) in [7, 11) is 1.63. The topological polar surface area (TPSA) is 81.9 Å². The molecule has 0 fully saturated rings. The summed E-state index contributed by atoms with van der Waals surface area (Å²) in [6.07, 6.45) is 3.33. The van der Waals surface area contributed by atoms with E-state index in [1.165, 1.54) is 4.68 Å². The van der Waals surface area contributed by atoms with Gasteiger partial charge in [-0.2, -0.15) is 9.67 Å². The lowest BCUT2D eigenvalue weighted by atomic mass is 10.2. The first-order valence-corrected chi connectivity index (χ1v) is 9.08. The average Bonchev–Trinajstić information content (AvgIpc) is 3.23. The number of ether oxygens (including phenoxy) is 1. The third-order valence-electron chi connectivity index (χ3n) is 4.34. The molecule has 0 saturated heterocycles. The van der Waals surface area contributed by atoms with Gasteiger partial charge in [-0.3, -0.25) is 9.78 Å². The van der Waals surface area contributed by atoms with E-state index in [-0.39, 0.29) is 5.91 Å². The lowest BCUT2D eigenvalue weighted by Gasteiger charge is -2.08. The molecule has 0 saturated carbocycles. The molecule has 0 aliphatic carbocycles. The van der Waals surface area contributed by atoms with Crippen molar-refractivity contribution in [3.63, 3.8) is 0 Å². The number of anilines is 1. The van der Waals surface area contributed by atoms with Crippen LogP contribution < -0.4 is 10.1 Å². The van der Waals surface area contributed by atoms with Crippen LogP contribution in [0.15, 0.2) is 79.1 Å². The van der Waals surface area contributed by atoms with E-state index in [0.717, 1.165) is 16.9 Å². The van der Waals surface area contributed by atoms with Gasteiger partial charge in [-0.1, -0.05) is 30.3 Å². The average molecular weight is 385 g/mol. The van der Waals surface area contributed by atoms with Crippen LogP contribution in [0.3, 0.4) is 0 Å². The number of aromatic nitrogens is 4. The number of nitrogens with one attached hydrogen (secondary N) is 1. The number of carbonyl (C=O) groups excluding carboxylic acids is 1. The van der Waals surface area contributed by atoms with Crippen molar-refractivity contribution in [2.45, 2.75) is 6.54 Å². The number of rotatable bonds is 6. The minimum absolute atomic E-state index is 0.258. The molecule has 0 unspecified atom stereocenters. The van der Waals surface area contributed by atoms with E-state index in [9.17, 15) is 4.79 Å². The maximum atomic E-state index is 13.0. The zero-order chi connectivity index (χ0) is 20.1. The lowest BCUT2D eigenvalue weighted by molar-refractivity contribution is 0.0947. The second-order valence-electron chi connectivity index (χ2n) is 6.28. The van der Waals surface area contributed by atoms with Crippen molar-refractivity contribution in [2.75, 3.05) is 12.4 Å². The number of methoxy groups -OCH3 is 1. The van der Waals surface area contributed by atoms with Gasteiger partial charge in [0.05, 0.1) is 7.11 Å². The standard InChI is InChI=1S/C22H19N5O2/c1-29-19-9-5-6-16(14-19)15-24-22-25-20(17-10-12-23-13-11-17)26-27(22)21(28)18-7-3-2-4-8-18/h2-14H,15H2,1H3,(H,24,25,26). The SMILES string of the molecule is COc1cccc(CNc2nc(-c3ccncc3)nn2C(=O)c2ccccc2)c1. The van der Waals surface area contributed by atoms with Gasteiger partial charge in [0.2, 0.25) is 5.95 Å². The minimum Gasteiger partial charge on any atom is -0.497 e. The number of pyridine rings is 1. The summed E-state index contributed by atoms with van der Waals surface area (Å²) in [6.45, 7) is 0.466. The predicted molar refractivity (Wildman–Crippen MR) is 110 cm³/mol. The Hall–Kier alpha value is -4.00. The summed E-state index contributed by atoms with van der Waals surface area (Å²) >= 11 is 0. The smallest absolute Gasteiger partial charge is 0.281 e. The molecule has 29 heavy (non-hydrogen) atoms. The summed E-state index contributed by atoms with van der Waals surface area (Å²) in [4.78, 5) is 21.6. The molecule has 4 rings (SSSR count). The van der Waals surface area contributed by atoms with E-state index in [0.29, 0.717) is 23.9 Å². The van der Waals surface area contributed by atoms with Crippen molar-refractivity contribution >= 4 is 11.9 Å². The van der Waals surface area contributed by atoms with Crippen molar-refractivity contribution < 1.29 is 9.53 Å². The number of benzene rings is 2. The Labute approximate surface area is 168 Å². The van der Waals surface area contributed by atoms with Gasteiger partial charge < -0.3 is 10.1 Å². The van der Waals surface area contributed by atoms with E-state index >= 15 is 0 Å². The molecule has 0 amide bonds. The van der Waals surface area contributed by atoms with Crippen LogP contribution in [0.4, 0.5) is 5.95 Å². The highest BCUT2D eigenvalue weighted by atomic mass is 16.5. The van der Waals surface area contributed by atoms with Gasteiger partial charge in [0, 0.05) is 30.1 Å². The number of carbonyl (C=O) groups is 1. The van der Waals surface area contributed by atoms with Crippen LogP contribution in [-0.2, 0) is 6.54 Å². The summed E-state index contributed by atoms with van der Waals surface area (Å²) in [5, 5.41) is 7.66. The molecular weight excluding hydrogens is 366 g/mol. The van der Waals surface area contributed by atoms with Gasteiger partial charge >= 0.3 is 0 Å². The Morgan fingerprint density at radius 2 is 1.83 bits per heavy atom. The van der Waals surface area contributed by atoms with E-state index in [4.69, 9.17) is 4.74 Å². The fourth-order valence-corrected chi connectivity index (χ4v) is 2.86. The molecule has 0 aliphatic rings. The van der Waals surface area contributed by atoms with Crippen LogP contribution in [0.1, 0.15) is 15.9 Å². The van der Waals surface area contributed by atoms with Crippen LogP contribution in [0, 0.1) is 0 Å².